The van der Waals surface area contributed by atoms with Crippen LogP contribution in [0.15, 0.2) is 18.2 Å². The fraction of sp³-hybridized carbons (Fsp3) is 0.533. The van der Waals surface area contributed by atoms with E-state index in [1.807, 2.05) is 0 Å². The number of carbonyl (C=O) groups excluding carboxylic acids is 1. The zero-order valence-corrected chi connectivity index (χ0v) is 11.2. The molecule has 20 heavy (non-hydrogen) atoms. The summed E-state index contributed by atoms with van der Waals surface area (Å²) in [6.45, 7) is 3.25. The molecule has 0 saturated carbocycles. The Morgan fingerprint density at radius 2 is 1.80 bits per heavy atom. The van der Waals surface area contributed by atoms with Crippen molar-refractivity contribution in [1.82, 2.24) is 10.2 Å². The number of rotatable bonds is 1. The third kappa shape index (κ3) is 2.54. The summed E-state index contributed by atoms with van der Waals surface area (Å²) in [4.78, 5) is 14.0. The lowest BCUT2D eigenvalue weighted by molar-refractivity contribution is 0.0753. The molecule has 1 amide bonds. The average Bonchev–Trinajstić information content (AvgIpc) is 2.80. The van der Waals surface area contributed by atoms with Crippen molar-refractivity contribution in [2.24, 2.45) is 11.8 Å². The van der Waals surface area contributed by atoms with E-state index in [9.17, 15) is 13.6 Å². The van der Waals surface area contributed by atoms with E-state index in [1.165, 1.54) is 0 Å². The third-order valence-electron chi connectivity index (χ3n) is 4.47. The Kier molecular flexibility index (Phi) is 3.70. The van der Waals surface area contributed by atoms with Crippen LogP contribution < -0.4 is 5.32 Å². The van der Waals surface area contributed by atoms with Gasteiger partial charge in [0.1, 0.15) is 11.6 Å². The molecule has 0 spiro atoms. The van der Waals surface area contributed by atoms with Crippen LogP contribution in [0.3, 0.4) is 0 Å². The summed E-state index contributed by atoms with van der Waals surface area (Å²) in [5.74, 6) is -0.418. The molecule has 1 aromatic carbocycles. The Bertz CT molecular complexity index is 507. The topological polar surface area (TPSA) is 32.3 Å². The van der Waals surface area contributed by atoms with Gasteiger partial charge in [0.05, 0.1) is 5.56 Å². The Morgan fingerprint density at radius 3 is 2.45 bits per heavy atom. The highest BCUT2D eigenvalue weighted by atomic mass is 19.1. The summed E-state index contributed by atoms with van der Waals surface area (Å²) < 4.78 is 26.9. The molecule has 2 fully saturated rings. The second-order valence-electron chi connectivity index (χ2n) is 5.67. The molecule has 0 bridgehead atoms. The first-order chi connectivity index (χ1) is 9.65. The van der Waals surface area contributed by atoms with E-state index >= 15 is 0 Å². The summed E-state index contributed by atoms with van der Waals surface area (Å²) in [7, 11) is 0. The van der Waals surface area contributed by atoms with Crippen LogP contribution in [0.4, 0.5) is 8.78 Å². The minimum atomic E-state index is -0.650. The predicted octanol–water partition coefficient (Wildman–Crippen LogP) is 2.04. The molecule has 3 nitrogen and oxygen atoms in total. The van der Waals surface area contributed by atoms with Gasteiger partial charge in [0, 0.05) is 13.1 Å². The fourth-order valence-corrected chi connectivity index (χ4v) is 3.25. The number of nitrogens with zero attached hydrogens (tertiary/aromatic N) is 1. The molecule has 0 aliphatic carbocycles. The number of fused-ring (bicyclic) bond motifs is 1. The van der Waals surface area contributed by atoms with Gasteiger partial charge in [-0.05, 0) is 56.0 Å². The molecule has 2 saturated heterocycles. The van der Waals surface area contributed by atoms with Crippen molar-refractivity contribution in [3.05, 3.63) is 35.4 Å². The largest absolute Gasteiger partial charge is 0.339 e. The molecular formula is C15H18F2N2O. The van der Waals surface area contributed by atoms with E-state index in [-0.39, 0.29) is 5.56 Å². The van der Waals surface area contributed by atoms with Crippen LogP contribution in [0.25, 0.3) is 0 Å². The summed E-state index contributed by atoms with van der Waals surface area (Å²) in [6, 6.07) is 3.04. The van der Waals surface area contributed by atoms with E-state index in [2.05, 4.69) is 5.32 Å². The maximum atomic E-state index is 13.7. The van der Waals surface area contributed by atoms with Crippen molar-refractivity contribution in [2.45, 2.75) is 12.8 Å². The summed E-state index contributed by atoms with van der Waals surface area (Å²) >= 11 is 0. The van der Waals surface area contributed by atoms with Crippen LogP contribution in [0.1, 0.15) is 23.2 Å². The highest BCUT2D eigenvalue weighted by Crippen LogP contribution is 2.28. The van der Waals surface area contributed by atoms with Crippen molar-refractivity contribution in [2.75, 3.05) is 26.2 Å². The molecule has 0 unspecified atom stereocenters. The number of hydrogen-bond donors (Lipinski definition) is 1. The smallest absolute Gasteiger partial charge is 0.256 e. The lowest BCUT2D eigenvalue weighted by atomic mass is 9.92. The van der Waals surface area contributed by atoms with Crippen molar-refractivity contribution < 1.29 is 13.6 Å². The van der Waals surface area contributed by atoms with E-state index in [0.29, 0.717) is 24.9 Å². The van der Waals surface area contributed by atoms with Gasteiger partial charge in [-0.2, -0.15) is 0 Å². The minimum Gasteiger partial charge on any atom is -0.339 e. The normalized spacial score (nSPS) is 26.2. The van der Waals surface area contributed by atoms with Gasteiger partial charge in [-0.25, -0.2) is 8.78 Å². The molecule has 2 aliphatic heterocycles. The molecule has 5 heteroatoms. The average molecular weight is 280 g/mol. The van der Waals surface area contributed by atoms with Gasteiger partial charge < -0.3 is 10.2 Å². The Morgan fingerprint density at radius 1 is 1.15 bits per heavy atom. The lowest BCUT2D eigenvalue weighted by Gasteiger charge is -2.21. The first-order valence-corrected chi connectivity index (χ1v) is 7.10. The maximum absolute atomic E-state index is 13.7. The van der Waals surface area contributed by atoms with E-state index in [0.717, 1.165) is 44.1 Å². The molecular weight excluding hydrogens is 262 g/mol. The van der Waals surface area contributed by atoms with Gasteiger partial charge in [0.25, 0.3) is 5.91 Å². The van der Waals surface area contributed by atoms with Crippen molar-refractivity contribution in [1.29, 1.82) is 0 Å². The highest BCUT2D eigenvalue weighted by Gasteiger charge is 2.32. The Labute approximate surface area is 117 Å². The number of hydrogen-bond acceptors (Lipinski definition) is 2. The van der Waals surface area contributed by atoms with Crippen molar-refractivity contribution in [3.8, 4) is 0 Å². The molecule has 2 aliphatic rings. The lowest BCUT2D eigenvalue weighted by Crippen LogP contribution is -2.33. The molecule has 2 atom stereocenters. The standard InChI is InChI=1S/C15H18F2N2O/c16-12-1-2-14(17)13(7-12)15(20)19-5-3-10-8-18-9-11(10)4-6-19/h1-2,7,10-11,18H,3-6,8-9H2/t10-,11+. The van der Waals surface area contributed by atoms with E-state index < -0.39 is 17.5 Å². The molecule has 3 rings (SSSR count). The third-order valence-corrected chi connectivity index (χ3v) is 4.47. The van der Waals surface area contributed by atoms with Crippen molar-refractivity contribution >= 4 is 5.91 Å². The van der Waals surface area contributed by atoms with E-state index in [4.69, 9.17) is 0 Å². The summed E-state index contributed by atoms with van der Waals surface area (Å²) in [6.07, 6.45) is 1.86. The highest BCUT2D eigenvalue weighted by molar-refractivity contribution is 5.94. The van der Waals surface area contributed by atoms with Crippen LogP contribution in [0.5, 0.6) is 0 Å². The number of amides is 1. The molecule has 108 valence electrons. The summed E-state index contributed by atoms with van der Waals surface area (Å²) in [5, 5.41) is 3.37. The number of carbonyl (C=O) groups is 1. The number of benzene rings is 1. The minimum absolute atomic E-state index is 0.157. The summed E-state index contributed by atoms with van der Waals surface area (Å²) in [5.41, 5.74) is -0.157. The van der Waals surface area contributed by atoms with Gasteiger partial charge in [0.2, 0.25) is 0 Å². The predicted molar refractivity (Wildman–Crippen MR) is 71.3 cm³/mol. The molecule has 0 radical (unpaired) electrons. The Hall–Kier alpha value is -1.49. The molecule has 1 N–H and O–H groups in total. The SMILES string of the molecule is O=C(c1cc(F)ccc1F)N1CC[C@@H]2CNC[C@@H]2CC1. The van der Waals surface area contributed by atoms with Gasteiger partial charge in [-0.3, -0.25) is 4.79 Å². The van der Waals surface area contributed by atoms with Gasteiger partial charge in [-0.15, -0.1) is 0 Å². The maximum Gasteiger partial charge on any atom is 0.256 e. The fourth-order valence-electron chi connectivity index (χ4n) is 3.25. The van der Waals surface area contributed by atoms with Crippen LogP contribution in [0, 0.1) is 23.5 Å². The second kappa shape index (κ2) is 5.48. The zero-order chi connectivity index (χ0) is 14.1. The Balaban J connectivity index is 1.75. The quantitative estimate of drug-likeness (QED) is 0.854. The van der Waals surface area contributed by atoms with Gasteiger partial charge in [0.15, 0.2) is 0 Å². The van der Waals surface area contributed by atoms with Crippen LogP contribution in [-0.2, 0) is 0 Å². The first-order valence-electron chi connectivity index (χ1n) is 7.10. The molecule has 1 aromatic rings. The molecule has 0 aromatic heterocycles. The number of nitrogens with one attached hydrogen (secondary N) is 1. The van der Waals surface area contributed by atoms with Crippen LogP contribution in [0.2, 0.25) is 0 Å². The molecule has 2 heterocycles. The number of halogens is 2. The van der Waals surface area contributed by atoms with E-state index in [1.54, 1.807) is 4.90 Å². The van der Waals surface area contributed by atoms with Crippen molar-refractivity contribution in [3.63, 3.8) is 0 Å². The van der Waals surface area contributed by atoms with Crippen LogP contribution >= 0.6 is 0 Å². The van der Waals surface area contributed by atoms with Crippen LogP contribution in [-0.4, -0.2) is 37.0 Å². The monoisotopic (exact) mass is 280 g/mol. The first kappa shape index (κ1) is 13.5. The zero-order valence-electron chi connectivity index (χ0n) is 11.2. The number of likely N-dealkylation sites (tertiary alicyclic amines) is 1. The van der Waals surface area contributed by atoms with Gasteiger partial charge in [-0.1, -0.05) is 0 Å². The second-order valence-corrected chi connectivity index (χ2v) is 5.67. The van der Waals surface area contributed by atoms with Gasteiger partial charge >= 0.3 is 0 Å².